The molecule has 116 valence electrons. The predicted octanol–water partition coefficient (Wildman–Crippen LogP) is 6.12. The Morgan fingerprint density at radius 1 is 0.565 bits per heavy atom. The van der Waals surface area contributed by atoms with Crippen LogP contribution in [0.1, 0.15) is 30.5 Å². The van der Waals surface area contributed by atoms with Crippen molar-refractivity contribution >= 4 is 11.8 Å². The molecule has 23 heavy (non-hydrogen) atoms. The van der Waals surface area contributed by atoms with Crippen LogP contribution in [0.2, 0.25) is 0 Å². The third kappa shape index (κ3) is 3.20. The average Bonchev–Trinajstić information content (AvgIpc) is 2.62. The third-order valence-corrected chi connectivity index (χ3v) is 5.49. The van der Waals surface area contributed by atoms with Crippen LogP contribution in [-0.2, 0) is 4.75 Å². The van der Waals surface area contributed by atoms with Crippen LogP contribution in [-0.4, -0.2) is 5.25 Å². The molecule has 0 spiro atoms. The summed E-state index contributed by atoms with van der Waals surface area (Å²) in [5.74, 6) is 0. The maximum atomic E-state index is 2.27. The Morgan fingerprint density at radius 3 is 1.13 bits per heavy atom. The van der Waals surface area contributed by atoms with Gasteiger partial charge >= 0.3 is 0 Å². The topological polar surface area (TPSA) is 0 Å². The van der Waals surface area contributed by atoms with Gasteiger partial charge in [0.05, 0.1) is 4.75 Å². The van der Waals surface area contributed by atoms with E-state index in [0.29, 0.717) is 5.25 Å². The predicted molar refractivity (Wildman–Crippen MR) is 102 cm³/mol. The molecule has 0 N–H and O–H groups in total. The summed E-state index contributed by atoms with van der Waals surface area (Å²) >= 11 is 2.01. The lowest BCUT2D eigenvalue weighted by Gasteiger charge is -2.37. The van der Waals surface area contributed by atoms with Crippen LogP contribution in [0.5, 0.6) is 0 Å². The van der Waals surface area contributed by atoms with Crippen LogP contribution in [0.25, 0.3) is 0 Å². The first-order valence-corrected chi connectivity index (χ1v) is 8.96. The van der Waals surface area contributed by atoms with Gasteiger partial charge in [0, 0.05) is 5.25 Å². The Morgan fingerprint density at radius 2 is 0.870 bits per heavy atom. The van der Waals surface area contributed by atoms with E-state index in [4.69, 9.17) is 0 Å². The molecule has 0 aromatic heterocycles. The van der Waals surface area contributed by atoms with E-state index in [1.54, 1.807) is 0 Å². The van der Waals surface area contributed by atoms with E-state index in [0.717, 1.165) is 0 Å². The second-order valence-corrected chi connectivity index (χ2v) is 7.74. The van der Waals surface area contributed by atoms with Crippen molar-refractivity contribution in [2.45, 2.75) is 23.8 Å². The Kier molecular flexibility index (Phi) is 4.88. The van der Waals surface area contributed by atoms with Crippen LogP contribution < -0.4 is 0 Å². The van der Waals surface area contributed by atoms with Crippen molar-refractivity contribution in [2.24, 2.45) is 0 Å². The lowest BCUT2D eigenvalue weighted by molar-refractivity contribution is 0.882. The van der Waals surface area contributed by atoms with E-state index in [-0.39, 0.29) is 4.75 Å². The minimum absolute atomic E-state index is 0.183. The molecule has 3 aromatic rings. The number of hydrogen-bond donors (Lipinski definition) is 0. The zero-order valence-electron chi connectivity index (χ0n) is 13.6. The van der Waals surface area contributed by atoms with Gasteiger partial charge in [-0.2, -0.15) is 0 Å². The maximum absolute atomic E-state index is 2.27. The molecular formula is C22H22S. The smallest absolute Gasteiger partial charge is 0.0909 e. The Balaban J connectivity index is 2.30. The van der Waals surface area contributed by atoms with Gasteiger partial charge in [0.1, 0.15) is 0 Å². The van der Waals surface area contributed by atoms with Crippen molar-refractivity contribution in [1.82, 2.24) is 0 Å². The SMILES string of the molecule is CC(C)SC(c1ccccc1)(c1ccccc1)c1ccccc1. The molecule has 3 aromatic carbocycles. The highest BCUT2D eigenvalue weighted by molar-refractivity contribution is 8.01. The standard InChI is InChI=1S/C22H22S/c1-18(2)23-22(19-12-6-3-7-13-19,20-14-8-4-9-15-20)21-16-10-5-11-17-21/h3-18H,1-2H3. The molecule has 0 fully saturated rings. The van der Waals surface area contributed by atoms with Gasteiger partial charge < -0.3 is 0 Å². The number of hydrogen-bond acceptors (Lipinski definition) is 1. The van der Waals surface area contributed by atoms with Crippen molar-refractivity contribution in [2.75, 3.05) is 0 Å². The van der Waals surface area contributed by atoms with Crippen molar-refractivity contribution in [3.8, 4) is 0 Å². The molecule has 1 heteroatoms. The Labute approximate surface area is 143 Å². The molecule has 0 heterocycles. The second-order valence-electron chi connectivity index (χ2n) is 5.95. The molecule has 0 amide bonds. The van der Waals surface area contributed by atoms with Crippen molar-refractivity contribution in [3.05, 3.63) is 108 Å². The fraction of sp³-hybridized carbons (Fsp3) is 0.182. The van der Waals surface area contributed by atoms with Gasteiger partial charge in [-0.15, -0.1) is 11.8 Å². The summed E-state index contributed by atoms with van der Waals surface area (Å²) in [6.07, 6.45) is 0. The summed E-state index contributed by atoms with van der Waals surface area (Å²) in [6, 6.07) is 32.5. The quantitative estimate of drug-likeness (QED) is 0.511. The summed E-state index contributed by atoms with van der Waals surface area (Å²) in [6.45, 7) is 4.54. The first-order valence-electron chi connectivity index (χ1n) is 8.08. The molecule has 0 atom stereocenters. The summed E-state index contributed by atoms with van der Waals surface area (Å²) < 4.78 is -0.183. The molecular weight excluding hydrogens is 296 g/mol. The summed E-state index contributed by atoms with van der Waals surface area (Å²) in [4.78, 5) is 0. The maximum Gasteiger partial charge on any atom is 0.0909 e. The van der Waals surface area contributed by atoms with Crippen LogP contribution in [0.4, 0.5) is 0 Å². The monoisotopic (exact) mass is 318 g/mol. The second kappa shape index (κ2) is 7.06. The van der Waals surface area contributed by atoms with Gasteiger partial charge in [-0.05, 0) is 16.7 Å². The summed E-state index contributed by atoms with van der Waals surface area (Å²) in [5, 5.41) is 0.510. The van der Waals surface area contributed by atoms with E-state index in [1.165, 1.54) is 16.7 Å². The van der Waals surface area contributed by atoms with Crippen molar-refractivity contribution in [1.29, 1.82) is 0 Å². The normalized spacial score (nSPS) is 11.6. The van der Waals surface area contributed by atoms with Gasteiger partial charge in [-0.25, -0.2) is 0 Å². The molecule has 0 bridgehead atoms. The van der Waals surface area contributed by atoms with E-state index >= 15 is 0 Å². The zero-order valence-corrected chi connectivity index (χ0v) is 14.5. The summed E-state index contributed by atoms with van der Waals surface area (Å²) in [7, 11) is 0. The largest absolute Gasteiger partial charge is 0.138 e. The Hall–Kier alpha value is -1.99. The number of rotatable bonds is 5. The molecule has 0 saturated carbocycles. The highest BCUT2D eigenvalue weighted by Gasteiger charge is 2.37. The van der Waals surface area contributed by atoms with Gasteiger partial charge in [-0.3, -0.25) is 0 Å². The lowest BCUT2D eigenvalue weighted by Crippen LogP contribution is -2.27. The van der Waals surface area contributed by atoms with Crippen LogP contribution in [0.3, 0.4) is 0 Å². The first-order chi connectivity index (χ1) is 11.2. The van der Waals surface area contributed by atoms with Crippen LogP contribution in [0.15, 0.2) is 91.0 Å². The highest BCUT2D eigenvalue weighted by Crippen LogP contribution is 2.49. The first kappa shape index (κ1) is 15.9. The number of benzene rings is 3. The molecule has 0 nitrogen and oxygen atoms in total. The molecule has 0 unspecified atom stereocenters. The van der Waals surface area contributed by atoms with Crippen molar-refractivity contribution in [3.63, 3.8) is 0 Å². The van der Waals surface area contributed by atoms with Crippen LogP contribution in [0, 0.1) is 0 Å². The molecule has 0 aliphatic rings. The highest BCUT2D eigenvalue weighted by atomic mass is 32.2. The van der Waals surface area contributed by atoms with E-state index in [2.05, 4.69) is 105 Å². The van der Waals surface area contributed by atoms with Crippen LogP contribution >= 0.6 is 11.8 Å². The van der Waals surface area contributed by atoms with Gasteiger partial charge in [0.2, 0.25) is 0 Å². The molecule has 0 saturated heterocycles. The summed E-state index contributed by atoms with van der Waals surface area (Å²) in [5.41, 5.74) is 3.99. The van der Waals surface area contributed by atoms with Gasteiger partial charge in [0.15, 0.2) is 0 Å². The third-order valence-electron chi connectivity index (χ3n) is 3.95. The average molecular weight is 318 g/mol. The zero-order chi connectivity index (χ0) is 16.1. The Bertz CT molecular complexity index is 621. The minimum atomic E-state index is -0.183. The van der Waals surface area contributed by atoms with Crippen molar-refractivity contribution < 1.29 is 0 Å². The minimum Gasteiger partial charge on any atom is -0.138 e. The fourth-order valence-electron chi connectivity index (χ4n) is 3.08. The number of thioether (sulfide) groups is 1. The van der Waals surface area contributed by atoms with E-state index in [1.807, 2.05) is 11.8 Å². The molecule has 0 aliphatic carbocycles. The molecule has 0 aliphatic heterocycles. The molecule has 0 radical (unpaired) electrons. The fourth-order valence-corrected chi connectivity index (χ4v) is 4.60. The van der Waals surface area contributed by atoms with Gasteiger partial charge in [0.25, 0.3) is 0 Å². The van der Waals surface area contributed by atoms with E-state index in [9.17, 15) is 0 Å². The van der Waals surface area contributed by atoms with Gasteiger partial charge in [-0.1, -0.05) is 105 Å². The molecule has 3 rings (SSSR count). The van der Waals surface area contributed by atoms with E-state index < -0.39 is 0 Å². The lowest BCUT2D eigenvalue weighted by atomic mass is 9.84.